The molecule has 2 aromatic rings. The van der Waals surface area contributed by atoms with E-state index in [-0.39, 0.29) is 12.3 Å². The summed E-state index contributed by atoms with van der Waals surface area (Å²) >= 11 is 0. The molecule has 25 heavy (non-hydrogen) atoms. The number of benzene rings is 1. The van der Waals surface area contributed by atoms with E-state index in [0.717, 1.165) is 5.69 Å². The lowest BCUT2D eigenvalue weighted by molar-refractivity contribution is -0.153. The Morgan fingerprint density at radius 2 is 1.80 bits per heavy atom. The highest BCUT2D eigenvalue weighted by Crippen LogP contribution is 2.22. The highest BCUT2D eigenvalue weighted by Gasteiger charge is 2.28. The highest BCUT2D eigenvalue weighted by atomic mass is 19.4. The first kappa shape index (κ1) is 18.6. The number of aliphatic imine (C=N–C) groups is 1. The van der Waals surface area contributed by atoms with Crippen LogP contribution in [0, 0.1) is 0 Å². The van der Waals surface area contributed by atoms with Gasteiger partial charge in [0.1, 0.15) is 5.75 Å². The lowest BCUT2D eigenvalue weighted by Crippen LogP contribution is -2.36. The Bertz CT molecular complexity index is 690. The molecule has 0 fully saturated rings. The van der Waals surface area contributed by atoms with Crippen molar-refractivity contribution in [2.24, 2.45) is 4.99 Å². The van der Waals surface area contributed by atoms with E-state index in [0.29, 0.717) is 18.1 Å². The summed E-state index contributed by atoms with van der Waals surface area (Å²) in [7, 11) is 1.61. The van der Waals surface area contributed by atoms with Crippen LogP contribution in [-0.2, 0) is 13.1 Å². The quantitative estimate of drug-likeness (QED) is 0.620. The standard InChI is InChI=1S/C17H19F3N4O/c1-21-16(24-11-14-7-4-5-9-22-14)23-10-13-6-2-3-8-15(13)25-12-17(18,19)20/h2-9H,10-12H2,1H3,(H2,21,23,24). The number of halogens is 3. The molecule has 2 rings (SSSR count). The molecule has 2 N–H and O–H groups in total. The van der Waals surface area contributed by atoms with Crippen LogP contribution in [0.25, 0.3) is 0 Å². The largest absolute Gasteiger partial charge is 0.484 e. The molecule has 0 atom stereocenters. The van der Waals surface area contributed by atoms with Gasteiger partial charge in [0.05, 0.1) is 12.2 Å². The molecular formula is C17H19F3N4O. The van der Waals surface area contributed by atoms with Crippen LogP contribution in [-0.4, -0.2) is 30.8 Å². The number of hydrogen-bond acceptors (Lipinski definition) is 3. The Kier molecular flexibility index (Phi) is 6.62. The first-order chi connectivity index (χ1) is 12.0. The molecule has 134 valence electrons. The zero-order valence-electron chi connectivity index (χ0n) is 13.7. The van der Waals surface area contributed by atoms with E-state index >= 15 is 0 Å². The van der Waals surface area contributed by atoms with E-state index < -0.39 is 12.8 Å². The third-order valence-corrected chi connectivity index (χ3v) is 3.20. The minimum Gasteiger partial charge on any atom is -0.484 e. The Hall–Kier alpha value is -2.77. The van der Waals surface area contributed by atoms with Crippen LogP contribution in [0.2, 0.25) is 0 Å². The number of hydrogen-bond donors (Lipinski definition) is 2. The highest BCUT2D eigenvalue weighted by molar-refractivity contribution is 5.79. The van der Waals surface area contributed by atoms with E-state index in [2.05, 4.69) is 20.6 Å². The van der Waals surface area contributed by atoms with Gasteiger partial charge in [0.15, 0.2) is 12.6 Å². The predicted octanol–water partition coefficient (Wildman–Crippen LogP) is 2.89. The SMILES string of the molecule is CN=C(NCc1ccccn1)NCc1ccccc1OCC(F)(F)F. The van der Waals surface area contributed by atoms with Crippen molar-refractivity contribution in [3.8, 4) is 5.75 Å². The van der Waals surface area contributed by atoms with Gasteiger partial charge in [-0.1, -0.05) is 24.3 Å². The molecule has 1 aromatic carbocycles. The molecule has 0 saturated heterocycles. The number of rotatable bonds is 6. The summed E-state index contributed by atoms with van der Waals surface area (Å²) in [5, 5.41) is 6.13. The van der Waals surface area contributed by atoms with Gasteiger partial charge in [-0.3, -0.25) is 9.98 Å². The summed E-state index contributed by atoms with van der Waals surface area (Å²) in [4.78, 5) is 8.27. The fourth-order valence-electron chi connectivity index (χ4n) is 2.03. The maximum Gasteiger partial charge on any atom is 0.422 e. The minimum atomic E-state index is -4.37. The molecule has 8 heteroatoms. The summed E-state index contributed by atoms with van der Waals surface area (Å²) in [6.45, 7) is -0.570. The van der Waals surface area contributed by atoms with Crippen molar-refractivity contribution in [3.63, 3.8) is 0 Å². The number of pyridine rings is 1. The van der Waals surface area contributed by atoms with Gasteiger partial charge in [-0.25, -0.2) is 0 Å². The molecular weight excluding hydrogens is 333 g/mol. The van der Waals surface area contributed by atoms with Gasteiger partial charge in [0.25, 0.3) is 0 Å². The summed E-state index contributed by atoms with van der Waals surface area (Å²) in [6.07, 6.45) is -2.68. The van der Waals surface area contributed by atoms with E-state index in [1.165, 1.54) is 6.07 Å². The summed E-state index contributed by atoms with van der Waals surface area (Å²) in [5.41, 5.74) is 1.45. The van der Waals surface area contributed by atoms with Crippen molar-refractivity contribution in [2.75, 3.05) is 13.7 Å². The maximum absolute atomic E-state index is 12.3. The lowest BCUT2D eigenvalue weighted by Gasteiger charge is -2.15. The van der Waals surface area contributed by atoms with E-state index in [9.17, 15) is 13.2 Å². The van der Waals surface area contributed by atoms with Crippen LogP contribution in [0.1, 0.15) is 11.3 Å². The van der Waals surface area contributed by atoms with Crippen LogP contribution < -0.4 is 15.4 Å². The zero-order chi connectivity index (χ0) is 18.1. The number of alkyl halides is 3. The first-order valence-corrected chi connectivity index (χ1v) is 7.60. The van der Waals surface area contributed by atoms with Gasteiger partial charge < -0.3 is 15.4 Å². The average molecular weight is 352 g/mol. The molecule has 0 amide bonds. The number of para-hydroxylation sites is 1. The van der Waals surface area contributed by atoms with Crippen LogP contribution >= 0.6 is 0 Å². The number of ether oxygens (including phenoxy) is 1. The zero-order valence-corrected chi connectivity index (χ0v) is 13.7. The lowest BCUT2D eigenvalue weighted by atomic mass is 10.2. The van der Waals surface area contributed by atoms with Crippen LogP contribution in [0.5, 0.6) is 5.75 Å². The molecule has 1 heterocycles. The summed E-state index contributed by atoms with van der Waals surface area (Å²) in [6, 6.07) is 12.2. The number of aromatic nitrogens is 1. The Morgan fingerprint density at radius 1 is 1.08 bits per heavy atom. The van der Waals surface area contributed by atoms with E-state index in [1.807, 2.05) is 18.2 Å². The minimum absolute atomic E-state index is 0.188. The number of nitrogens with zero attached hydrogens (tertiary/aromatic N) is 2. The third-order valence-electron chi connectivity index (χ3n) is 3.20. The summed E-state index contributed by atoms with van der Waals surface area (Å²) < 4.78 is 41.8. The second kappa shape index (κ2) is 8.91. The van der Waals surface area contributed by atoms with Crippen molar-refractivity contribution >= 4 is 5.96 Å². The normalized spacial score (nSPS) is 11.9. The monoisotopic (exact) mass is 352 g/mol. The second-order valence-corrected chi connectivity index (χ2v) is 5.11. The molecule has 0 saturated carbocycles. The smallest absolute Gasteiger partial charge is 0.422 e. The fourth-order valence-corrected chi connectivity index (χ4v) is 2.03. The van der Waals surface area contributed by atoms with Gasteiger partial charge in [-0.05, 0) is 18.2 Å². The topological polar surface area (TPSA) is 58.5 Å². The summed E-state index contributed by atoms with van der Waals surface area (Å²) in [5.74, 6) is 0.698. The van der Waals surface area contributed by atoms with Crippen molar-refractivity contribution in [3.05, 3.63) is 59.9 Å². The molecule has 0 spiro atoms. The maximum atomic E-state index is 12.3. The molecule has 0 aliphatic heterocycles. The number of nitrogens with one attached hydrogen (secondary N) is 2. The van der Waals surface area contributed by atoms with E-state index in [4.69, 9.17) is 4.74 Å². The van der Waals surface area contributed by atoms with Crippen LogP contribution in [0.15, 0.2) is 53.7 Å². The molecule has 0 radical (unpaired) electrons. The molecule has 0 aliphatic rings. The van der Waals surface area contributed by atoms with E-state index in [1.54, 1.807) is 31.4 Å². The first-order valence-electron chi connectivity index (χ1n) is 7.60. The third kappa shape index (κ3) is 6.70. The predicted molar refractivity (Wildman–Crippen MR) is 89.3 cm³/mol. The molecule has 0 bridgehead atoms. The Balaban J connectivity index is 1.90. The van der Waals surface area contributed by atoms with Gasteiger partial charge in [0, 0.05) is 25.4 Å². The van der Waals surface area contributed by atoms with Gasteiger partial charge in [-0.2, -0.15) is 13.2 Å². The van der Waals surface area contributed by atoms with Gasteiger partial charge in [0.2, 0.25) is 0 Å². The fraction of sp³-hybridized carbons (Fsp3) is 0.294. The molecule has 1 aromatic heterocycles. The van der Waals surface area contributed by atoms with Crippen molar-refractivity contribution in [2.45, 2.75) is 19.3 Å². The van der Waals surface area contributed by atoms with Crippen LogP contribution in [0.4, 0.5) is 13.2 Å². The van der Waals surface area contributed by atoms with Crippen molar-refractivity contribution in [1.82, 2.24) is 15.6 Å². The average Bonchev–Trinajstić information content (AvgIpc) is 2.61. The molecule has 0 unspecified atom stereocenters. The van der Waals surface area contributed by atoms with Gasteiger partial charge >= 0.3 is 6.18 Å². The van der Waals surface area contributed by atoms with Crippen molar-refractivity contribution < 1.29 is 17.9 Å². The molecule has 5 nitrogen and oxygen atoms in total. The van der Waals surface area contributed by atoms with Crippen molar-refractivity contribution in [1.29, 1.82) is 0 Å². The Morgan fingerprint density at radius 3 is 2.48 bits per heavy atom. The molecule has 0 aliphatic carbocycles. The second-order valence-electron chi connectivity index (χ2n) is 5.11. The van der Waals surface area contributed by atoms with Crippen LogP contribution in [0.3, 0.4) is 0 Å². The van der Waals surface area contributed by atoms with Gasteiger partial charge in [-0.15, -0.1) is 0 Å². The number of guanidine groups is 1. The Labute approximate surface area is 144 Å².